The molecule has 2 aromatic carbocycles. The van der Waals surface area contributed by atoms with Crippen molar-refractivity contribution in [3.05, 3.63) is 95.1 Å². The van der Waals surface area contributed by atoms with E-state index in [1.807, 2.05) is 50.3 Å². The van der Waals surface area contributed by atoms with Crippen molar-refractivity contribution in [2.24, 2.45) is 11.8 Å². The second kappa shape index (κ2) is 17.9. The van der Waals surface area contributed by atoms with Gasteiger partial charge in [0.1, 0.15) is 11.7 Å². The van der Waals surface area contributed by atoms with Gasteiger partial charge in [0.05, 0.1) is 25.7 Å². The quantitative estimate of drug-likeness (QED) is 0.166. The number of hydrogen-bond acceptors (Lipinski definition) is 11. The first-order valence-corrected chi connectivity index (χ1v) is 19.0. The third-order valence-corrected chi connectivity index (χ3v) is 11.3. The van der Waals surface area contributed by atoms with Crippen molar-refractivity contribution in [1.82, 2.24) is 10.2 Å². The SMILES string of the molecule is C=C(C)[C@@]12C[C@@H](C)[C@]3(O[C@](Cc4ccccc4)(OC)O1)[C@@H](O)/C=C(/C)C(=O)CC/C(COC(O)Cc1ccc(OC(=O)N(C)CCNC)c(OC)c1)=C\[C@H]3C2. The number of aliphatic hydroxyl groups excluding tert-OH is 2. The van der Waals surface area contributed by atoms with Gasteiger partial charge in [0.25, 0.3) is 5.97 Å². The molecule has 2 aliphatic heterocycles. The highest BCUT2D eigenvalue weighted by Crippen LogP contribution is 2.58. The molecular formula is C43H58N2O10. The van der Waals surface area contributed by atoms with Crippen LogP contribution in [0.1, 0.15) is 57.6 Å². The summed E-state index contributed by atoms with van der Waals surface area (Å²) in [7, 11) is 6.48. The minimum atomic E-state index is -1.57. The van der Waals surface area contributed by atoms with Gasteiger partial charge in [-0.2, -0.15) is 0 Å². The average molecular weight is 763 g/mol. The lowest BCUT2D eigenvalue weighted by atomic mass is 9.59. The van der Waals surface area contributed by atoms with Crippen LogP contribution in [0.4, 0.5) is 4.79 Å². The Balaban J connectivity index is 1.42. The topological polar surface area (TPSA) is 145 Å². The lowest BCUT2D eigenvalue weighted by molar-refractivity contribution is -0.412. The minimum Gasteiger partial charge on any atom is -0.493 e. The third-order valence-electron chi connectivity index (χ3n) is 11.3. The third kappa shape index (κ3) is 9.40. The number of benzene rings is 2. The molecule has 1 saturated carbocycles. The van der Waals surface area contributed by atoms with Crippen LogP contribution in [0.25, 0.3) is 0 Å². The summed E-state index contributed by atoms with van der Waals surface area (Å²) in [5.41, 5.74) is 1.57. The van der Waals surface area contributed by atoms with Crippen LogP contribution in [-0.2, 0) is 36.6 Å². The lowest BCUT2D eigenvalue weighted by Gasteiger charge is -2.51. The molecule has 3 fully saturated rings. The van der Waals surface area contributed by atoms with Gasteiger partial charge >= 0.3 is 6.09 Å². The van der Waals surface area contributed by atoms with Crippen LogP contribution in [0.15, 0.2) is 84.0 Å². The fourth-order valence-corrected chi connectivity index (χ4v) is 8.08. The summed E-state index contributed by atoms with van der Waals surface area (Å²) < 4.78 is 37.4. The Kier molecular flexibility index (Phi) is 13.8. The van der Waals surface area contributed by atoms with Crippen LogP contribution in [0.3, 0.4) is 0 Å². The fraction of sp³-hybridized carbons (Fsp3) is 0.535. The van der Waals surface area contributed by atoms with Crippen molar-refractivity contribution < 1.29 is 48.2 Å². The fourth-order valence-electron chi connectivity index (χ4n) is 8.08. The molecule has 2 aromatic rings. The van der Waals surface area contributed by atoms with E-state index in [0.29, 0.717) is 49.2 Å². The summed E-state index contributed by atoms with van der Waals surface area (Å²) in [5, 5.41) is 26.3. The molecule has 0 aromatic heterocycles. The van der Waals surface area contributed by atoms with Crippen LogP contribution in [0.2, 0.25) is 0 Å². The molecule has 1 amide bonds. The van der Waals surface area contributed by atoms with E-state index >= 15 is 0 Å². The largest absolute Gasteiger partial charge is 0.493 e. The first-order chi connectivity index (χ1) is 26.2. The number of Topliss-reactive ketones (excluding diaryl/α,β-unsaturated/α-hetero) is 1. The number of methoxy groups -OCH3 is 2. The zero-order valence-electron chi connectivity index (χ0n) is 33.3. The van der Waals surface area contributed by atoms with Crippen LogP contribution >= 0.6 is 0 Å². The number of likely N-dealkylation sites (N-methyl/N-ethyl adjacent to an activating group) is 2. The maximum atomic E-state index is 13.4. The van der Waals surface area contributed by atoms with Crippen molar-refractivity contribution in [1.29, 1.82) is 0 Å². The first-order valence-electron chi connectivity index (χ1n) is 19.0. The summed E-state index contributed by atoms with van der Waals surface area (Å²) >= 11 is 0. The molecule has 7 atom stereocenters. The smallest absolute Gasteiger partial charge is 0.415 e. The van der Waals surface area contributed by atoms with Crippen molar-refractivity contribution in [3.63, 3.8) is 0 Å². The van der Waals surface area contributed by atoms with E-state index in [0.717, 1.165) is 16.7 Å². The monoisotopic (exact) mass is 762 g/mol. The van der Waals surface area contributed by atoms with Gasteiger partial charge in [0.15, 0.2) is 23.6 Å². The number of ketones is 1. The van der Waals surface area contributed by atoms with Crippen LogP contribution in [0, 0.1) is 11.8 Å². The van der Waals surface area contributed by atoms with Gasteiger partial charge < -0.3 is 48.9 Å². The van der Waals surface area contributed by atoms with E-state index in [9.17, 15) is 19.8 Å². The van der Waals surface area contributed by atoms with E-state index in [2.05, 4.69) is 11.9 Å². The second-order valence-corrected chi connectivity index (χ2v) is 15.2. The summed E-state index contributed by atoms with van der Waals surface area (Å²) in [4.78, 5) is 27.4. The number of rotatable bonds is 14. The molecule has 2 bridgehead atoms. The molecule has 12 heteroatoms. The molecule has 6 rings (SSSR count). The number of allylic oxidation sites excluding steroid dienone is 1. The van der Waals surface area contributed by atoms with Crippen molar-refractivity contribution in [3.8, 4) is 11.5 Å². The van der Waals surface area contributed by atoms with E-state index in [1.165, 1.54) is 12.0 Å². The molecule has 4 aliphatic rings. The Morgan fingerprint density at radius 2 is 1.82 bits per heavy atom. The number of hydrogen-bond donors (Lipinski definition) is 3. The summed E-state index contributed by atoms with van der Waals surface area (Å²) in [6.45, 7) is 11.2. The summed E-state index contributed by atoms with van der Waals surface area (Å²) in [6, 6.07) is 14.8. The molecule has 12 nitrogen and oxygen atoms in total. The van der Waals surface area contributed by atoms with Crippen LogP contribution < -0.4 is 14.8 Å². The Labute approximate surface area is 325 Å². The summed E-state index contributed by atoms with van der Waals surface area (Å²) in [5.74, 6) is -1.76. The van der Waals surface area contributed by atoms with Crippen LogP contribution in [0.5, 0.6) is 11.5 Å². The molecule has 0 radical (unpaired) electrons. The molecular weight excluding hydrogens is 704 g/mol. The molecule has 55 heavy (non-hydrogen) atoms. The number of nitrogens with one attached hydrogen (secondary N) is 1. The molecule has 3 N–H and O–H groups in total. The number of carbonyl (C=O) groups is 2. The van der Waals surface area contributed by atoms with E-state index in [-0.39, 0.29) is 43.3 Å². The van der Waals surface area contributed by atoms with Gasteiger partial charge in [-0.3, -0.25) is 4.79 Å². The van der Waals surface area contributed by atoms with Crippen molar-refractivity contribution >= 4 is 11.9 Å². The van der Waals surface area contributed by atoms with Gasteiger partial charge in [0.2, 0.25) is 0 Å². The van der Waals surface area contributed by atoms with Gasteiger partial charge in [0, 0.05) is 46.0 Å². The highest BCUT2D eigenvalue weighted by molar-refractivity contribution is 5.95. The average Bonchev–Trinajstić information content (AvgIpc) is 3.36. The first kappa shape index (κ1) is 42.3. The predicted octanol–water partition coefficient (Wildman–Crippen LogP) is 5.51. The van der Waals surface area contributed by atoms with E-state index in [1.54, 1.807) is 52.4 Å². The summed E-state index contributed by atoms with van der Waals surface area (Å²) in [6.07, 6.45) is 2.67. The Morgan fingerprint density at radius 3 is 2.49 bits per heavy atom. The Morgan fingerprint density at radius 1 is 1.07 bits per heavy atom. The number of ether oxygens (including phenoxy) is 6. The minimum absolute atomic E-state index is 0.0282. The number of fused-ring (bicyclic) bond motifs is 3. The van der Waals surface area contributed by atoms with Crippen molar-refractivity contribution in [2.75, 3.05) is 48.0 Å². The lowest BCUT2D eigenvalue weighted by Crippen LogP contribution is -2.60. The zero-order chi connectivity index (χ0) is 40.0. The number of carbonyl (C=O) groups excluding carboxylic acids is 2. The van der Waals surface area contributed by atoms with Crippen molar-refractivity contribution in [2.45, 2.75) is 88.9 Å². The van der Waals surface area contributed by atoms with Gasteiger partial charge in [-0.25, -0.2) is 4.79 Å². The molecule has 300 valence electrons. The second-order valence-electron chi connectivity index (χ2n) is 15.2. The van der Waals surface area contributed by atoms with Gasteiger partial charge in [-0.15, -0.1) is 0 Å². The van der Waals surface area contributed by atoms with Crippen LogP contribution in [-0.4, -0.2) is 105 Å². The number of aliphatic hydroxyl groups is 2. The molecule has 1 spiro atoms. The van der Waals surface area contributed by atoms with E-state index < -0.39 is 41.6 Å². The maximum Gasteiger partial charge on any atom is 0.415 e. The normalized spacial score (nSPS) is 30.5. The highest BCUT2D eigenvalue weighted by Gasteiger charge is 2.66. The molecule has 1 unspecified atom stereocenters. The predicted molar refractivity (Wildman–Crippen MR) is 208 cm³/mol. The standard InChI is InChI=1S/C43H58N2O10/c1-28(2)41-24-30(4)43(55-42(51-8,54-41)25-31-12-10-9-11-13-31)34(26-41)21-33(14-16-35(46)29(3)20-38(43)47)27-52-39(48)23-32-15-17-36(37(22-32)50-7)53-40(49)45(6)19-18-44-5/h9-13,15,17,20-22,30,34,38-39,44,47-48H,1,14,16,18-19,23-27H2,2-8H3/b29-20-,33-21+/t30-,34+,38+,39?,41+,42-,43-/m1/s1. The Bertz CT molecular complexity index is 1750. The molecule has 2 heterocycles. The maximum absolute atomic E-state index is 13.4. The molecule has 2 saturated heterocycles. The highest BCUT2D eigenvalue weighted by atomic mass is 16.9. The zero-order valence-corrected chi connectivity index (χ0v) is 33.3. The number of amides is 1. The van der Waals surface area contributed by atoms with E-state index in [4.69, 9.17) is 28.4 Å². The van der Waals surface area contributed by atoms with Gasteiger partial charge in [-0.05, 0) is 92.1 Å². The van der Waals surface area contributed by atoms with Gasteiger partial charge in [-0.1, -0.05) is 56.0 Å². The number of nitrogens with zero attached hydrogens (tertiary/aromatic N) is 1. The molecule has 2 aliphatic carbocycles. The Hall–Kier alpha value is -3.88.